The summed E-state index contributed by atoms with van der Waals surface area (Å²) in [5.74, 6) is -1.46. The van der Waals surface area contributed by atoms with E-state index in [4.69, 9.17) is 0 Å². The molecule has 0 spiro atoms. The lowest BCUT2D eigenvalue weighted by molar-refractivity contribution is -0.121. The summed E-state index contributed by atoms with van der Waals surface area (Å²) in [5.41, 5.74) is 3.29. The Kier molecular flexibility index (Phi) is 9.00. The number of amides is 4. The van der Waals surface area contributed by atoms with Crippen molar-refractivity contribution in [2.24, 2.45) is 0 Å². The molecule has 4 aromatic rings. The molecule has 1 unspecified atom stereocenters. The van der Waals surface area contributed by atoms with Gasteiger partial charge in [0.2, 0.25) is 11.8 Å². The van der Waals surface area contributed by atoms with E-state index in [1.54, 1.807) is 72.8 Å². The fourth-order valence-electron chi connectivity index (χ4n) is 4.44. The van der Waals surface area contributed by atoms with Gasteiger partial charge in [0.05, 0.1) is 10.9 Å². The van der Waals surface area contributed by atoms with Crippen LogP contribution in [0, 0.1) is 6.92 Å². The highest BCUT2D eigenvalue weighted by Crippen LogP contribution is 2.35. The quantitative estimate of drug-likeness (QED) is 0.167. The van der Waals surface area contributed by atoms with Gasteiger partial charge in [-0.3, -0.25) is 19.2 Å². The molecule has 5 rings (SSSR count). The van der Waals surface area contributed by atoms with Crippen molar-refractivity contribution in [2.45, 2.75) is 23.5 Å². The molecule has 4 aromatic carbocycles. The van der Waals surface area contributed by atoms with Crippen LogP contribution in [0.2, 0.25) is 0 Å². The van der Waals surface area contributed by atoms with Crippen LogP contribution in [-0.4, -0.2) is 28.9 Å². The Hall–Kier alpha value is -4.47. The molecule has 0 saturated carbocycles. The summed E-state index contributed by atoms with van der Waals surface area (Å²) in [5, 5.41) is 5.01. The molecular formula is C33H26BrN3O4S. The Balaban J connectivity index is 1.32. The SMILES string of the molecule is Cc1cccc(C=C(NC(=O)c2ccccc2)C(=O)Nc2cccc(SC3CC(=O)N(c4ccc(Br)cc4)C3=O)c2)c1. The van der Waals surface area contributed by atoms with Crippen LogP contribution >= 0.6 is 27.7 Å². The summed E-state index contributed by atoms with van der Waals surface area (Å²) in [7, 11) is 0. The topological polar surface area (TPSA) is 95.6 Å². The molecule has 0 aliphatic carbocycles. The number of hydrogen-bond donors (Lipinski definition) is 2. The van der Waals surface area contributed by atoms with Crippen molar-refractivity contribution < 1.29 is 19.2 Å². The number of aryl methyl sites for hydroxylation is 1. The molecule has 1 atom stereocenters. The van der Waals surface area contributed by atoms with E-state index >= 15 is 0 Å². The van der Waals surface area contributed by atoms with E-state index in [2.05, 4.69) is 26.6 Å². The predicted molar refractivity (Wildman–Crippen MR) is 169 cm³/mol. The zero-order valence-corrected chi connectivity index (χ0v) is 24.9. The van der Waals surface area contributed by atoms with Gasteiger partial charge in [-0.25, -0.2) is 4.90 Å². The van der Waals surface area contributed by atoms with Gasteiger partial charge in [0.25, 0.3) is 11.8 Å². The van der Waals surface area contributed by atoms with Crippen LogP contribution in [0.1, 0.15) is 27.9 Å². The molecule has 1 saturated heterocycles. The molecule has 9 heteroatoms. The molecule has 42 heavy (non-hydrogen) atoms. The fourth-order valence-corrected chi connectivity index (χ4v) is 5.81. The minimum Gasteiger partial charge on any atom is -0.321 e. The summed E-state index contributed by atoms with van der Waals surface area (Å²) in [6, 6.07) is 30.3. The summed E-state index contributed by atoms with van der Waals surface area (Å²) in [6.45, 7) is 1.95. The van der Waals surface area contributed by atoms with E-state index in [1.807, 2.05) is 43.3 Å². The third-order valence-corrected chi connectivity index (χ3v) is 8.15. The second-order valence-corrected chi connectivity index (χ2v) is 11.8. The van der Waals surface area contributed by atoms with Gasteiger partial charge in [-0.15, -0.1) is 11.8 Å². The number of nitrogens with one attached hydrogen (secondary N) is 2. The second kappa shape index (κ2) is 13.0. The van der Waals surface area contributed by atoms with E-state index in [1.165, 1.54) is 16.7 Å². The minimum atomic E-state index is -0.589. The van der Waals surface area contributed by atoms with Crippen LogP contribution < -0.4 is 15.5 Å². The Labute approximate surface area is 256 Å². The van der Waals surface area contributed by atoms with Crippen molar-refractivity contribution in [3.05, 3.63) is 130 Å². The lowest BCUT2D eigenvalue weighted by Gasteiger charge is -2.15. The number of rotatable bonds is 8. The average Bonchev–Trinajstić information content (AvgIpc) is 3.25. The lowest BCUT2D eigenvalue weighted by Crippen LogP contribution is -2.31. The lowest BCUT2D eigenvalue weighted by atomic mass is 10.1. The van der Waals surface area contributed by atoms with Crippen molar-refractivity contribution in [3.63, 3.8) is 0 Å². The minimum absolute atomic E-state index is 0.0745. The molecule has 0 radical (unpaired) electrons. The van der Waals surface area contributed by atoms with E-state index in [0.717, 1.165) is 15.6 Å². The van der Waals surface area contributed by atoms with Crippen molar-refractivity contribution in [3.8, 4) is 0 Å². The maximum atomic E-state index is 13.4. The van der Waals surface area contributed by atoms with E-state index in [0.29, 0.717) is 21.8 Å². The van der Waals surface area contributed by atoms with E-state index in [9.17, 15) is 19.2 Å². The average molecular weight is 641 g/mol. The van der Waals surface area contributed by atoms with E-state index in [-0.39, 0.29) is 23.9 Å². The molecule has 1 aliphatic heterocycles. The second-order valence-electron chi connectivity index (χ2n) is 9.63. The zero-order valence-electron chi connectivity index (χ0n) is 22.5. The fraction of sp³-hybridized carbons (Fsp3) is 0.0909. The van der Waals surface area contributed by atoms with Gasteiger partial charge in [-0.2, -0.15) is 0 Å². The van der Waals surface area contributed by atoms with Gasteiger partial charge in [0.1, 0.15) is 5.70 Å². The summed E-state index contributed by atoms with van der Waals surface area (Å²) in [4.78, 5) is 54.1. The van der Waals surface area contributed by atoms with Gasteiger partial charge in [-0.05, 0) is 73.2 Å². The van der Waals surface area contributed by atoms with Crippen LogP contribution in [0.25, 0.3) is 6.08 Å². The Bertz CT molecular complexity index is 1690. The first kappa shape index (κ1) is 29.0. The highest BCUT2D eigenvalue weighted by Gasteiger charge is 2.40. The maximum absolute atomic E-state index is 13.4. The number of halogens is 1. The number of nitrogens with zero attached hydrogens (tertiary/aromatic N) is 1. The Morgan fingerprint density at radius 3 is 2.38 bits per heavy atom. The molecule has 1 heterocycles. The van der Waals surface area contributed by atoms with Crippen molar-refractivity contribution in [1.29, 1.82) is 0 Å². The molecular weight excluding hydrogens is 614 g/mol. The molecule has 1 aliphatic rings. The third-order valence-electron chi connectivity index (χ3n) is 6.44. The largest absolute Gasteiger partial charge is 0.321 e. The molecule has 210 valence electrons. The van der Waals surface area contributed by atoms with Crippen molar-refractivity contribution in [1.82, 2.24) is 5.32 Å². The van der Waals surface area contributed by atoms with Gasteiger partial charge in [0, 0.05) is 27.0 Å². The smallest absolute Gasteiger partial charge is 0.272 e. The Morgan fingerprint density at radius 2 is 1.64 bits per heavy atom. The van der Waals surface area contributed by atoms with Crippen LogP contribution in [0.5, 0.6) is 0 Å². The van der Waals surface area contributed by atoms with Crippen LogP contribution in [0.15, 0.2) is 118 Å². The summed E-state index contributed by atoms with van der Waals surface area (Å²) >= 11 is 4.64. The maximum Gasteiger partial charge on any atom is 0.272 e. The molecule has 0 aromatic heterocycles. The monoisotopic (exact) mass is 639 g/mol. The first-order valence-corrected chi connectivity index (χ1v) is 14.8. The van der Waals surface area contributed by atoms with Gasteiger partial charge in [0.15, 0.2) is 0 Å². The number of carbonyl (C=O) groups is 4. The predicted octanol–water partition coefficient (Wildman–Crippen LogP) is 6.59. The normalized spacial score (nSPS) is 15.0. The third kappa shape index (κ3) is 7.05. The van der Waals surface area contributed by atoms with Gasteiger partial charge >= 0.3 is 0 Å². The van der Waals surface area contributed by atoms with Gasteiger partial charge < -0.3 is 10.6 Å². The number of anilines is 2. The highest BCUT2D eigenvalue weighted by atomic mass is 79.9. The number of imide groups is 1. The molecule has 7 nitrogen and oxygen atoms in total. The highest BCUT2D eigenvalue weighted by molar-refractivity contribution is 9.10. The summed E-state index contributed by atoms with van der Waals surface area (Å²) in [6.07, 6.45) is 1.70. The zero-order chi connectivity index (χ0) is 29.6. The van der Waals surface area contributed by atoms with E-state index < -0.39 is 17.1 Å². The van der Waals surface area contributed by atoms with Crippen LogP contribution in [-0.2, 0) is 14.4 Å². The number of hydrogen-bond acceptors (Lipinski definition) is 5. The molecule has 2 N–H and O–H groups in total. The van der Waals surface area contributed by atoms with Gasteiger partial charge in [-0.1, -0.05) is 70.0 Å². The Morgan fingerprint density at radius 1 is 0.905 bits per heavy atom. The van der Waals surface area contributed by atoms with Crippen molar-refractivity contribution in [2.75, 3.05) is 10.2 Å². The first-order chi connectivity index (χ1) is 20.3. The molecule has 1 fully saturated rings. The number of thioether (sulfide) groups is 1. The summed E-state index contributed by atoms with van der Waals surface area (Å²) < 4.78 is 0.853. The molecule has 4 amide bonds. The number of carbonyl (C=O) groups excluding carboxylic acids is 4. The molecule has 0 bridgehead atoms. The van der Waals surface area contributed by atoms with Crippen molar-refractivity contribution >= 4 is 68.8 Å². The van der Waals surface area contributed by atoms with Crippen LogP contribution in [0.4, 0.5) is 11.4 Å². The van der Waals surface area contributed by atoms with Crippen LogP contribution in [0.3, 0.4) is 0 Å². The first-order valence-electron chi connectivity index (χ1n) is 13.1. The number of benzene rings is 4. The standard InChI is InChI=1S/C33H26BrN3O4S/c1-21-7-5-8-22(17-21)18-28(36-31(39)23-9-3-2-4-10-23)32(40)35-25-11-6-12-27(19-25)42-29-20-30(38)37(33(29)41)26-15-13-24(34)14-16-26/h2-19,29H,20H2,1H3,(H,35,40)(H,36,39).